The molecule has 14 heavy (non-hydrogen) atoms. The monoisotopic (exact) mass is 230 g/mol. The van der Waals surface area contributed by atoms with Gasteiger partial charge < -0.3 is 9.42 Å². The molecule has 0 heterocycles. The number of aryl methyl sites for hydroxylation is 1. The van der Waals surface area contributed by atoms with Gasteiger partial charge in [-0.15, -0.1) is 0 Å². The lowest BCUT2D eigenvalue weighted by atomic mass is 10.2. The quantitative estimate of drug-likeness (QED) is 0.808. The van der Waals surface area contributed by atoms with Gasteiger partial charge in [-0.3, -0.25) is 0 Å². The summed E-state index contributed by atoms with van der Waals surface area (Å²) < 4.78 is 5.39. The highest BCUT2D eigenvalue weighted by atomic mass is 32.5. The van der Waals surface area contributed by atoms with Crippen molar-refractivity contribution in [1.29, 1.82) is 0 Å². The Balaban J connectivity index is 3.04. The Morgan fingerprint density at radius 2 is 1.93 bits per heavy atom. The van der Waals surface area contributed by atoms with E-state index in [-0.39, 0.29) is 6.10 Å². The van der Waals surface area contributed by atoms with Crippen LogP contribution in [-0.4, -0.2) is 11.0 Å². The van der Waals surface area contributed by atoms with Gasteiger partial charge in [-0.2, -0.15) is 0 Å². The second-order valence-electron chi connectivity index (χ2n) is 3.46. The maximum Gasteiger partial charge on any atom is 0.217 e. The van der Waals surface area contributed by atoms with E-state index < -0.39 is 6.49 Å². The van der Waals surface area contributed by atoms with Crippen molar-refractivity contribution in [3.05, 3.63) is 29.8 Å². The zero-order valence-electron chi connectivity index (χ0n) is 8.60. The Labute approximate surface area is 90.1 Å². The summed E-state index contributed by atoms with van der Waals surface area (Å²) in [7, 11) is 0. The maximum absolute atomic E-state index is 10.0. The summed E-state index contributed by atoms with van der Waals surface area (Å²) in [6.07, 6.45) is -0.0505. The molecule has 0 spiro atoms. The zero-order valence-corrected chi connectivity index (χ0v) is 10.3. The van der Waals surface area contributed by atoms with E-state index in [2.05, 4.69) is 0 Å². The molecule has 0 saturated carbocycles. The van der Waals surface area contributed by atoms with E-state index in [1.54, 1.807) is 0 Å². The molecule has 1 unspecified atom stereocenters. The molecular formula is C10H15O2PS. The summed E-state index contributed by atoms with van der Waals surface area (Å²) in [6, 6.07) is 7.54. The van der Waals surface area contributed by atoms with Crippen LogP contribution in [0, 0.1) is 6.92 Å². The third kappa shape index (κ3) is 2.89. The lowest BCUT2D eigenvalue weighted by Crippen LogP contribution is -2.13. The fourth-order valence-electron chi connectivity index (χ4n) is 1.22. The minimum atomic E-state index is -2.81. The van der Waals surface area contributed by atoms with Crippen molar-refractivity contribution in [2.45, 2.75) is 26.9 Å². The second kappa shape index (κ2) is 4.54. The molecule has 0 aromatic heterocycles. The Hall–Kier alpha value is -0.210. The summed E-state index contributed by atoms with van der Waals surface area (Å²) in [4.78, 5) is 10.0. The van der Waals surface area contributed by atoms with Crippen LogP contribution < -0.4 is 5.30 Å². The molecule has 1 rings (SSSR count). The lowest BCUT2D eigenvalue weighted by molar-refractivity contribution is 0.244. The van der Waals surface area contributed by atoms with E-state index in [4.69, 9.17) is 16.3 Å². The van der Waals surface area contributed by atoms with Crippen LogP contribution in [-0.2, 0) is 16.3 Å². The van der Waals surface area contributed by atoms with E-state index >= 15 is 0 Å². The van der Waals surface area contributed by atoms with Crippen LogP contribution in [0.4, 0.5) is 0 Å². The van der Waals surface area contributed by atoms with Crippen LogP contribution in [0.2, 0.25) is 0 Å². The van der Waals surface area contributed by atoms with Gasteiger partial charge in [0.15, 0.2) is 0 Å². The molecule has 4 heteroatoms. The normalized spacial score (nSPS) is 15.5. The van der Waals surface area contributed by atoms with Crippen LogP contribution in [0.15, 0.2) is 24.3 Å². The molecule has 1 N–H and O–H groups in total. The first-order valence-electron chi connectivity index (χ1n) is 4.51. The average Bonchev–Trinajstić information content (AvgIpc) is 2.02. The fourth-order valence-corrected chi connectivity index (χ4v) is 3.83. The van der Waals surface area contributed by atoms with Crippen molar-refractivity contribution in [2.24, 2.45) is 0 Å². The van der Waals surface area contributed by atoms with Crippen molar-refractivity contribution >= 4 is 23.6 Å². The van der Waals surface area contributed by atoms with Gasteiger partial charge in [0.1, 0.15) is 0 Å². The minimum absolute atomic E-state index is 0.0505. The molecule has 1 atom stereocenters. The van der Waals surface area contributed by atoms with Crippen molar-refractivity contribution in [3.8, 4) is 0 Å². The Morgan fingerprint density at radius 1 is 1.36 bits per heavy atom. The Kier molecular flexibility index (Phi) is 3.85. The molecule has 0 aliphatic carbocycles. The number of rotatable bonds is 3. The first-order chi connectivity index (χ1) is 6.43. The first kappa shape index (κ1) is 11.9. The van der Waals surface area contributed by atoms with Gasteiger partial charge in [0.2, 0.25) is 6.49 Å². The highest BCUT2D eigenvalue weighted by Crippen LogP contribution is 2.43. The van der Waals surface area contributed by atoms with E-state index in [1.807, 2.05) is 45.0 Å². The topological polar surface area (TPSA) is 29.5 Å². The SMILES string of the molecule is Cc1ccccc1P(O)(=S)OC(C)C. The zero-order chi connectivity index (χ0) is 10.8. The van der Waals surface area contributed by atoms with Gasteiger partial charge in [0, 0.05) is 5.30 Å². The predicted octanol–water partition coefficient (Wildman–Crippen LogP) is 2.35. The largest absolute Gasteiger partial charge is 0.342 e. The van der Waals surface area contributed by atoms with Crippen LogP contribution in [0.1, 0.15) is 19.4 Å². The molecule has 0 aliphatic rings. The van der Waals surface area contributed by atoms with E-state index in [9.17, 15) is 4.89 Å². The molecule has 78 valence electrons. The molecular weight excluding hydrogens is 215 g/mol. The Morgan fingerprint density at radius 3 is 2.43 bits per heavy atom. The van der Waals surface area contributed by atoms with Gasteiger partial charge in [0.25, 0.3) is 0 Å². The van der Waals surface area contributed by atoms with Gasteiger partial charge >= 0.3 is 0 Å². The predicted molar refractivity (Wildman–Crippen MR) is 63.5 cm³/mol. The summed E-state index contributed by atoms with van der Waals surface area (Å²) in [5, 5.41) is 0.753. The van der Waals surface area contributed by atoms with E-state index in [1.165, 1.54) is 0 Å². The molecule has 0 aliphatic heterocycles. The van der Waals surface area contributed by atoms with Crippen LogP contribution in [0.3, 0.4) is 0 Å². The van der Waals surface area contributed by atoms with Crippen LogP contribution in [0.25, 0.3) is 0 Å². The maximum atomic E-state index is 10.0. The van der Waals surface area contributed by atoms with Crippen molar-refractivity contribution in [3.63, 3.8) is 0 Å². The molecule has 0 saturated heterocycles. The lowest BCUT2D eigenvalue weighted by Gasteiger charge is -2.20. The number of hydrogen-bond donors (Lipinski definition) is 1. The van der Waals surface area contributed by atoms with Crippen molar-refractivity contribution < 1.29 is 9.42 Å². The van der Waals surface area contributed by atoms with Gasteiger partial charge in [-0.05, 0) is 44.2 Å². The van der Waals surface area contributed by atoms with Crippen molar-refractivity contribution in [2.75, 3.05) is 0 Å². The molecule has 0 amide bonds. The van der Waals surface area contributed by atoms with Gasteiger partial charge in [-0.25, -0.2) is 0 Å². The highest BCUT2D eigenvalue weighted by molar-refractivity contribution is 8.13. The van der Waals surface area contributed by atoms with E-state index in [0.717, 1.165) is 10.9 Å². The summed E-state index contributed by atoms with van der Waals surface area (Å²) in [5.41, 5.74) is 0.985. The molecule has 0 fully saturated rings. The van der Waals surface area contributed by atoms with Gasteiger partial charge in [0.05, 0.1) is 6.10 Å². The molecule has 2 nitrogen and oxygen atoms in total. The fraction of sp³-hybridized carbons (Fsp3) is 0.400. The molecule has 1 aromatic rings. The molecule has 1 aromatic carbocycles. The standard InChI is InChI=1S/C10H15O2PS/c1-8(2)12-13(11,14)10-7-5-4-6-9(10)3/h4-8H,1-3H3,(H,11,14). The van der Waals surface area contributed by atoms with Gasteiger partial charge in [-0.1, -0.05) is 18.2 Å². The third-order valence-corrected chi connectivity index (χ3v) is 4.44. The summed E-state index contributed by atoms with van der Waals surface area (Å²) in [5.74, 6) is 0. The van der Waals surface area contributed by atoms with E-state index in [0.29, 0.717) is 0 Å². The number of hydrogen-bond acceptors (Lipinski definition) is 2. The summed E-state index contributed by atoms with van der Waals surface area (Å²) in [6.45, 7) is 2.86. The third-order valence-electron chi connectivity index (χ3n) is 1.77. The van der Waals surface area contributed by atoms with Crippen LogP contribution in [0.5, 0.6) is 0 Å². The minimum Gasteiger partial charge on any atom is -0.342 e. The first-order valence-corrected chi connectivity index (χ1v) is 7.18. The van der Waals surface area contributed by atoms with Crippen LogP contribution >= 0.6 is 6.49 Å². The number of benzene rings is 1. The Bertz CT molecular complexity index is 363. The smallest absolute Gasteiger partial charge is 0.217 e. The highest BCUT2D eigenvalue weighted by Gasteiger charge is 2.20. The van der Waals surface area contributed by atoms with Crippen molar-refractivity contribution in [1.82, 2.24) is 0 Å². The second-order valence-corrected chi connectivity index (χ2v) is 6.68. The molecule has 0 radical (unpaired) electrons. The molecule has 0 bridgehead atoms. The summed E-state index contributed by atoms with van der Waals surface area (Å²) >= 11 is 5.12. The average molecular weight is 230 g/mol.